The van der Waals surface area contributed by atoms with E-state index < -0.39 is 0 Å². The highest BCUT2D eigenvalue weighted by molar-refractivity contribution is 9.10. The van der Waals surface area contributed by atoms with Gasteiger partial charge in [0.15, 0.2) is 0 Å². The van der Waals surface area contributed by atoms with Crippen molar-refractivity contribution in [2.75, 3.05) is 5.32 Å². The molecule has 0 aromatic heterocycles. The first-order valence-electron chi connectivity index (χ1n) is 4.94. The lowest BCUT2D eigenvalue weighted by atomic mass is 10.3. The number of rotatable bonds is 3. The molecule has 0 heterocycles. The van der Waals surface area contributed by atoms with Crippen molar-refractivity contribution < 1.29 is 0 Å². The van der Waals surface area contributed by atoms with Crippen molar-refractivity contribution in [3.05, 3.63) is 59.1 Å². The molecule has 0 aliphatic heterocycles. The maximum absolute atomic E-state index is 4.28. The first kappa shape index (κ1) is 10.9. The molecular formula is C13H11BrN2. The second-order valence-electron chi connectivity index (χ2n) is 3.25. The van der Waals surface area contributed by atoms with Crippen LogP contribution in [0.25, 0.3) is 0 Å². The summed E-state index contributed by atoms with van der Waals surface area (Å²) in [5, 5.41) is 3.11. The van der Waals surface area contributed by atoms with E-state index in [1.54, 1.807) is 6.34 Å². The van der Waals surface area contributed by atoms with E-state index in [-0.39, 0.29) is 0 Å². The summed E-state index contributed by atoms with van der Waals surface area (Å²) in [5.74, 6) is 0. The summed E-state index contributed by atoms with van der Waals surface area (Å²) >= 11 is 3.41. The van der Waals surface area contributed by atoms with Gasteiger partial charge in [-0.05, 0) is 30.3 Å². The van der Waals surface area contributed by atoms with E-state index in [0.717, 1.165) is 15.8 Å². The number of anilines is 1. The Morgan fingerprint density at radius 1 is 1.00 bits per heavy atom. The summed E-state index contributed by atoms with van der Waals surface area (Å²) in [6.07, 6.45) is 1.69. The van der Waals surface area contributed by atoms with Crippen LogP contribution in [0.1, 0.15) is 0 Å². The van der Waals surface area contributed by atoms with Crippen molar-refractivity contribution in [1.29, 1.82) is 0 Å². The molecule has 0 atom stereocenters. The first-order valence-corrected chi connectivity index (χ1v) is 5.73. The van der Waals surface area contributed by atoms with Gasteiger partial charge < -0.3 is 5.32 Å². The molecule has 0 aliphatic carbocycles. The number of hydrogen-bond donors (Lipinski definition) is 1. The van der Waals surface area contributed by atoms with Gasteiger partial charge in [0.05, 0.1) is 12.0 Å². The van der Waals surface area contributed by atoms with E-state index in [0.29, 0.717) is 0 Å². The van der Waals surface area contributed by atoms with E-state index in [4.69, 9.17) is 0 Å². The van der Waals surface area contributed by atoms with E-state index in [1.165, 1.54) is 0 Å². The zero-order valence-electron chi connectivity index (χ0n) is 8.60. The Morgan fingerprint density at radius 3 is 2.56 bits per heavy atom. The van der Waals surface area contributed by atoms with Crippen molar-refractivity contribution in [3.8, 4) is 0 Å². The molecule has 16 heavy (non-hydrogen) atoms. The van der Waals surface area contributed by atoms with Gasteiger partial charge in [-0.25, -0.2) is 4.99 Å². The van der Waals surface area contributed by atoms with Crippen molar-refractivity contribution in [1.82, 2.24) is 0 Å². The fourth-order valence-electron chi connectivity index (χ4n) is 1.27. The number of aliphatic imine (C=N–C) groups is 1. The summed E-state index contributed by atoms with van der Waals surface area (Å²) in [4.78, 5) is 4.28. The van der Waals surface area contributed by atoms with E-state index in [9.17, 15) is 0 Å². The Kier molecular flexibility index (Phi) is 3.72. The Bertz CT molecular complexity index is 480. The third kappa shape index (κ3) is 3.21. The predicted molar refractivity (Wildman–Crippen MR) is 72.4 cm³/mol. The van der Waals surface area contributed by atoms with Crippen LogP contribution < -0.4 is 5.32 Å². The number of hydrogen-bond acceptors (Lipinski definition) is 1. The largest absolute Gasteiger partial charge is 0.346 e. The molecule has 80 valence electrons. The lowest BCUT2D eigenvalue weighted by Gasteiger charge is -2.00. The van der Waals surface area contributed by atoms with Gasteiger partial charge in [-0.3, -0.25) is 0 Å². The topological polar surface area (TPSA) is 24.4 Å². The Labute approximate surface area is 103 Å². The SMILES string of the molecule is Brc1cccc(NC=Nc2ccccc2)c1. The number of nitrogens with one attached hydrogen (secondary N) is 1. The molecule has 2 aromatic carbocycles. The van der Waals surface area contributed by atoms with Gasteiger partial charge in [0.1, 0.15) is 0 Å². The van der Waals surface area contributed by atoms with E-state index in [1.807, 2.05) is 54.6 Å². The van der Waals surface area contributed by atoms with Crippen LogP contribution in [-0.2, 0) is 0 Å². The van der Waals surface area contributed by atoms with Crippen LogP contribution in [0.3, 0.4) is 0 Å². The summed E-state index contributed by atoms with van der Waals surface area (Å²) < 4.78 is 1.05. The first-order chi connectivity index (χ1) is 7.84. The minimum Gasteiger partial charge on any atom is -0.346 e. The Balaban J connectivity index is 2.00. The second kappa shape index (κ2) is 5.47. The van der Waals surface area contributed by atoms with Gasteiger partial charge >= 0.3 is 0 Å². The molecule has 2 aromatic rings. The molecule has 0 amide bonds. The van der Waals surface area contributed by atoms with Crippen LogP contribution in [0.15, 0.2) is 64.1 Å². The van der Waals surface area contributed by atoms with Crippen LogP contribution in [0.4, 0.5) is 11.4 Å². The molecule has 0 radical (unpaired) electrons. The van der Waals surface area contributed by atoms with E-state index >= 15 is 0 Å². The second-order valence-corrected chi connectivity index (χ2v) is 4.16. The maximum atomic E-state index is 4.28. The molecule has 0 unspecified atom stereocenters. The van der Waals surface area contributed by atoms with Gasteiger partial charge in [-0.1, -0.05) is 40.2 Å². The minimum absolute atomic E-state index is 0.935. The molecule has 0 aliphatic rings. The molecular weight excluding hydrogens is 264 g/mol. The fraction of sp³-hybridized carbons (Fsp3) is 0. The summed E-state index contributed by atoms with van der Waals surface area (Å²) in [7, 11) is 0. The summed E-state index contributed by atoms with van der Waals surface area (Å²) in [5.41, 5.74) is 1.94. The van der Waals surface area contributed by atoms with Crippen molar-refractivity contribution in [2.45, 2.75) is 0 Å². The Hall–Kier alpha value is -1.61. The standard InChI is InChI=1S/C13H11BrN2/c14-11-5-4-8-13(9-11)16-10-15-12-6-2-1-3-7-12/h1-10H,(H,15,16). The highest BCUT2D eigenvalue weighted by atomic mass is 79.9. The number of benzene rings is 2. The van der Waals surface area contributed by atoms with Gasteiger partial charge in [0, 0.05) is 10.2 Å². The van der Waals surface area contributed by atoms with Gasteiger partial charge in [-0.15, -0.1) is 0 Å². The molecule has 2 nitrogen and oxygen atoms in total. The van der Waals surface area contributed by atoms with Crippen LogP contribution in [0.2, 0.25) is 0 Å². The average Bonchev–Trinajstić information content (AvgIpc) is 2.30. The van der Waals surface area contributed by atoms with Gasteiger partial charge in [0.2, 0.25) is 0 Å². The monoisotopic (exact) mass is 274 g/mol. The number of nitrogens with zero attached hydrogens (tertiary/aromatic N) is 1. The minimum atomic E-state index is 0.935. The summed E-state index contributed by atoms with van der Waals surface area (Å²) in [6, 6.07) is 17.8. The molecule has 0 spiro atoms. The highest BCUT2D eigenvalue weighted by Crippen LogP contribution is 2.15. The molecule has 3 heteroatoms. The third-order valence-corrected chi connectivity index (χ3v) is 2.52. The molecule has 0 saturated heterocycles. The summed E-state index contributed by atoms with van der Waals surface area (Å²) in [6.45, 7) is 0. The van der Waals surface area contributed by atoms with Crippen LogP contribution >= 0.6 is 15.9 Å². The van der Waals surface area contributed by atoms with Crippen LogP contribution in [-0.4, -0.2) is 6.34 Å². The number of para-hydroxylation sites is 1. The van der Waals surface area contributed by atoms with Crippen molar-refractivity contribution in [3.63, 3.8) is 0 Å². The lowest BCUT2D eigenvalue weighted by molar-refractivity contribution is 1.52. The molecule has 0 bridgehead atoms. The fourth-order valence-corrected chi connectivity index (χ4v) is 1.67. The van der Waals surface area contributed by atoms with Gasteiger partial charge in [0.25, 0.3) is 0 Å². The van der Waals surface area contributed by atoms with Crippen LogP contribution in [0.5, 0.6) is 0 Å². The van der Waals surface area contributed by atoms with Gasteiger partial charge in [-0.2, -0.15) is 0 Å². The Morgan fingerprint density at radius 2 is 1.81 bits per heavy atom. The highest BCUT2D eigenvalue weighted by Gasteiger charge is 1.89. The molecule has 1 N–H and O–H groups in total. The zero-order valence-corrected chi connectivity index (χ0v) is 10.2. The van der Waals surface area contributed by atoms with Crippen molar-refractivity contribution >= 4 is 33.6 Å². The van der Waals surface area contributed by atoms with Crippen molar-refractivity contribution in [2.24, 2.45) is 4.99 Å². The lowest BCUT2D eigenvalue weighted by Crippen LogP contribution is -1.93. The molecule has 0 fully saturated rings. The maximum Gasteiger partial charge on any atom is 0.0930 e. The van der Waals surface area contributed by atoms with Crippen LogP contribution in [0, 0.1) is 0 Å². The third-order valence-electron chi connectivity index (χ3n) is 2.03. The average molecular weight is 275 g/mol. The number of halogens is 1. The molecule has 2 rings (SSSR count). The smallest absolute Gasteiger partial charge is 0.0930 e. The van der Waals surface area contributed by atoms with E-state index in [2.05, 4.69) is 26.2 Å². The quantitative estimate of drug-likeness (QED) is 0.658. The zero-order chi connectivity index (χ0) is 11.2. The normalized spacial score (nSPS) is 10.6. The predicted octanol–water partition coefficient (Wildman–Crippen LogP) is 4.22. The molecule has 0 saturated carbocycles.